The molecule has 1 amide bonds. The van der Waals surface area contributed by atoms with Crippen LogP contribution in [0, 0.1) is 42.4 Å². The minimum atomic E-state index is -0.723. The maximum atomic E-state index is 13.1. The number of hydrogen-bond acceptors (Lipinski definition) is 6. The van der Waals surface area contributed by atoms with Crippen LogP contribution >= 0.6 is 0 Å². The molecule has 0 bridgehead atoms. The zero-order chi connectivity index (χ0) is 28.3. The van der Waals surface area contributed by atoms with Crippen LogP contribution in [0.15, 0.2) is 18.2 Å². The first-order chi connectivity index (χ1) is 18.6. The minimum absolute atomic E-state index is 0.0433. The Hall–Kier alpha value is -2.00. The van der Waals surface area contributed by atoms with Crippen molar-refractivity contribution in [2.24, 2.45) is 41.2 Å². The fourth-order valence-electron chi connectivity index (χ4n) is 6.28. The summed E-state index contributed by atoms with van der Waals surface area (Å²) >= 11 is 0. The van der Waals surface area contributed by atoms with E-state index in [9.17, 15) is 9.90 Å². The van der Waals surface area contributed by atoms with Gasteiger partial charge in [-0.05, 0) is 62.0 Å². The molecule has 1 aromatic heterocycles. The summed E-state index contributed by atoms with van der Waals surface area (Å²) in [4.78, 5) is 13.1. The van der Waals surface area contributed by atoms with Crippen LogP contribution in [0.5, 0.6) is 0 Å². The summed E-state index contributed by atoms with van der Waals surface area (Å²) in [6, 6.07) is 6.49. The summed E-state index contributed by atoms with van der Waals surface area (Å²) in [7, 11) is 1.73. The zero-order valence-corrected chi connectivity index (χ0v) is 24.7. The lowest BCUT2D eigenvalue weighted by Gasteiger charge is -2.30. The number of fused-ring (bicyclic) bond motifs is 2. The van der Waals surface area contributed by atoms with Gasteiger partial charge >= 0.3 is 0 Å². The van der Waals surface area contributed by atoms with Gasteiger partial charge in [0.2, 0.25) is 5.91 Å². The fourth-order valence-corrected chi connectivity index (χ4v) is 6.28. The first-order valence-electron chi connectivity index (χ1n) is 14.9. The van der Waals surface area contributed by atoms with Crippen LogP contribution < -0.4 is 11.1 Å². The number of rotatable bonds is 15. The van der Waals surface area contributed by atoms with E-state index in [0.717, 1.165) is 43.8 Å². The van der Waals surface area contributed by atoms with Crippen LogP contribution in [0.1, 0.15) is 58.2 Å². The highest BCUT2D eigenvalue weighted by atomic mass is 16.5. The number of aliphatic hydroxyl groups is 1. The number of benzene rings is 1. The van der Waals surface area contributed by atoms with E-state index >= 15 is 0 Å². The Bertz CT molecular complexity index is 1090. The second-order valence-electron chi connectivity index (χ2n) is 12.7. The molecule has 39 heavy (non-hydrogen) atoms. The molecule has 2 aliphatic rings. The van der Waals surface area contributed by atoms with Crippen molar-refractivity contribution in [1.82, 2.24) is 15.1 Å². The number of carbonyl (C=O) groups is 1. The zero-order valence-electron chi connectivity index (χ0n) is 24.7. The molecular weight excluding hydrogens is 492 g/mol. The summed E-state index contributed by atoms with van der Waals surface area (Å²) in [5, 5.41) is 20.3. The lowest BCUT2D eigenvalue weighted by molar-refractivity contribution is -0.128. The number of methoxy groups -OCH3 is 1. The standard InChI is InChI=1S/C31H50N4O4/c1-18(2)22(12-21-8-9-23-20(5)34-35(28(23)13-21)10-7-11-38-6)14-27(32)29(36)15-24(19(3)4)31(37)33-30-25-16-39-17-26(25)30/h8-9,13,18-19,22,24-27,29-30,36H,7,10-12,14-17,32H2,1-6H3,(H,33,37)/t22-,24-,25-,26+,27-,29-,30?/m0/s1. The quantitative estimate of drug-likeness (QED) is 0.296. The third kappa shape index (κ3) is 7.20. The molecule has 7 atom stereocenters. The Morgan fingerprint density at radius 3 is 2.56 bits per heavy atom. The number of ether oxygens (including phenoxy) is 2. The Kier molecular flexibility index (Phi) is 10.1. The van der Waals surface area contributed by atoms with Gasteiger partial charge in [-0.2, -0.15) is 5.10 Å². The highest BCUT2D eigenvalue weighted by Crippen LogP contribution is 2.44. The number of aromatic nitrogens is 2. The topological polar surface area (TPSA) is 112 Å². The van der Waals surface area contributed by atoms with Crippen molar-refractivity contribution in [3.63, 3.8) is 0 Å². The van der Waals surface area contributed by atoms with E-state index in [-0.39, 0.29) is 29.8 Å². The molecule has 4 rings (SSSR count). The highest BCUT2D eigenvalue weighted by molar-refractivity contribution is 5.82. The number of nitrogens with zero attached hydrogens (tertiary/aromatic N) is 2. The van der Waals surface area contributed by atoms with Crippen molar-refractivity contribution in [3.8, 4) is 0 Å². The van der Waals surface area contributed by atoms with Gasteiger partial charge in [-0.15, -0.1) is 0 Å². The monoisotopic (exact) mass is 542 g/mol. The van der Waals surface area contributed by atoms with Gasteiger partial charge in [0.1, 0.15) is 0 Å². The molecule has 0 radical (unpaired) electrons. The average molecular weight is 543 g/mol. The Labute approximate surface area is 234 Å². The summed E-state index contributed by atoms with van der Waals surface area (Å²) in [6.45, 7) is 13.6. The molecule has 2 heterocycles. The Morgan fingerprint density at radius 1 is 1.21 bits per heavy atom. The molecule has 2 aromatic rings. The molecule has 1 saturated heterocycles. The molecular formula is C31H50N4O4. The van der Waals surface area contributed by atoms with Gasteiger partial charge in [-0.3, -0.25) is 9.48 Å². The van der Waals surface area contributed by atoms with Crippen molar-refractivity contribution in [2.45, 2.75) is 85.0 Å². The SMILES string of the molecule is COCCCn1nc(C)c2ccc(C[C@@H](C[C@H](N)[C@@H](O)C[C@H](C(=O)NC3[C@H]4COC[C@@H]34)C(C)C)C(C)C)cc21. The third-order valence-electron chi connectivity index (χ3n) is 9.13. The van der Waals surface area contributed by atoms with Crippen LogP contribution in [-0.2, 0) is 27.2 Å². The first-order valence-corrected chi connectivity index (χ1v) is 14.9. The number of aliphatic hydroxyl groups excluding tert-OH is 1. The maximum absolute atomic E-state index is 13.1. The molecule has 8 heteroatoms. The largest absolute Gasteiger partial charge is 0.391 e. The van der Waals surface area contributed by atoms with Gasteiger partial charge in [-0.25, -0.2) is 0 Å². The van der Waals surface area contributed by atoms with E-state index in [1.807, 2.05) is 13.8 Å². The molecule has 1 unspecified atom stereocenters. The van der Waals surface area contributed by atoms with Gasteiger partial charge < -0.3 is 25.6 Å². The van der Waals surface area contributed by atoms with Crippen molar-refractivity contribution < 1.29 is 19.4 Å². The van der Waals surface area contributed by atoms with E-state index in [0.29, 0.717) is 43.1 Å². The van der Waals surface area contributed by atoms with E-state index < -0.39 is 6.10 Å². The number of nitrogens with two attached hydrogens (primary N) is 1. The lowest BCUT2D eigenvalue weighted by Crippen LogP contribution is -2.43. The van der Waals surface area contributed by atoms with Gasteiger partial charge in [0, 0.05) is 55.5 Å². The molecule has 1 aliphatic carbocycles. The molecule has 4 N–H and O–H groups in total. The van der Waals surface area contributed by atoms with Crippen LogP contribution in [0.25, 0.3) is 10.9 Å². The predicted molar refractivity (Wildman–Crippen MR) is 154 cm³/mol. The second-order valence-corrected chi connectivity index (χ2v) is 12.7. The van der Waals surface area contributed by atoms with Gasteiger partial charge in [0.15, 0.2) is 0 Å². The number of hydrogen-bond donors (Lipinski definition) is 3. The van der Waals surface area contributed by atoms with Gasteiger partial charge in [-0.1, -0.05) is 39.8 Å². The average Bonchev–Trinajstić information content (AvgIpc) is 3.18. The molecule has 1 aromatic carbocycles. The van der Waals surface area contributed by atoms with E-state index in [4.69, 9.17) is 20.3 Å². The fraction of sp³-hybridized carbons (Fsp3) is 0.742. The van der Waals surface area contributed by atoms with Crippen LogP contribution in [0.4, 0.5) is 0 Å². The van der Waals surface area contributed by atoms with Crippen LogP contribution in [0.3, 0.4) is 0 Å². The first kappa shape index (κ1) is 30.0. The Balaban J connectivity index is 1.37. The smallest absolute Gasteiger partial charge is 0.223 e. The highest BCUT2D eigenvalue weighted by Gasteiger charge is 2.55. The minimum Gasteiger partial charge on any atom is -0.391 e. The maximum Gasteiger partial charge on any atom is 0.223 e. The molecule has 2 fully saturated rings. The summed E-state index contributed by atoms with van der Waals surface area (Å²) in [6.07, 6.45) is 2.18. The number of nitrogens with one attached hydrogen (secondary N) is 1. The number of carbonyl (C=O) groups excluding carboxylic acids is 1. The predicted octanol–water partition coefficient (Wildman–Crippen LogP) is 3.70. The van der Waals surface area contributed by atoms with E-state index in [1.165, 1.54) is 10.9 Å². The van der Waals surface area contributed by atoms with Gasteiger partial charge in [0.25, 0.3) is 0 Å². The van der Waals surface area contributed by atoms with E-state index in [2.05, 4.69) is 49.0 Å². The van der Waals surface area contributed by atoms with Gasteiger partial charge in [0.05, 0.1) is 30.5 Å². The second kappa shape index (κ2) is 13.1. The number of aryl methyl sites for hydroxylation is 2. The van der Waals surface area contributed by atoms with Crippen molar-refractivity contribution in [3.05, 3.63) is 29.5 Å². The molecule has 8 nitrogen and oxygen atoms in total. The van der Waals surface area contributed by atoms with Crippen LogP contribution in [0.2, 0.25) is 0 Å². The summed E-state index contributed by atoms with van der Waals surface area (Å²) < 4.78 is 12.8. The van der Waals surface area contributed by atoms with Crippen molar-refractivity contribution >= 4 is 16.8 Å². The van der Waals surface area contributed by atoms with Crippen molar-refractivity contribution in [1.29, 1.82) is 0 Å². The normalized spacial score (nSPS) is 23.7. The molecule has 218 valence electrons. The number of amides is 1. The summed E-state index contributed by atoms with van der Waals surface area (Å²) in [5.74, 6) is 1.58. The molecule has 1 aliphatic heterocycles. The summed E-state index contributed by atoms with van der Waals surface area (Å²) in [5.41, 5.74) is 10.1. The van der Waals surface area contributed by atoms with Crippen LogP contribution in [-0.4, -0.2) is 65.9 Å². The molecule has 0 spiro atoms. The lowest BCUT2D eigenvalue weighted by atomic mass is 9.80. The van der Waals surface area contributed by atoms with E-state index in [1.54, 1.807) is 7.11 Å². The third-order valence-corrected chi connectivity index (χ3v) is 9.13. The van der Waals surface area contributed by atoms with Crippen molar-refractivity contribution in [2.75, 3.05) is 26.9 Å². The molecule has 1 saturated carbocycles. The Morgan fingerprint density at radius 2 is 1.92 bits per heavy atom.